The fourth-order valence-electron chi connectivity index (χ4n) is 2.10. The van der Waals surface area contributed by atoms with Gasteiger partial charge in [0.2, 0.25) is 5.91 Å². The molecule has 0 aromatic carbocycles. The maximum atomic E-state index is 11.9. The van der Waals surface area contributed by atoms with Gasteiger partial charge in [-0.15, -0.1) is 0 Å². The van der Waals surface area contributed by atoms with E-state index in [9.17, 15) is 4.79 Å². The number of rotatable bonds is 4. The van der Waals surface area contributed by atoms with Gasteiger partial charge in [0.05, 0.1) is 12.4 Å². The second-order valence-corrected chi connectivity index (χ2v) is 4.45. The van der Waals surface area contributed by atoms with E-state index in [2.05, 4.69) is 15.6 Å². The minimum absolute atomic E-state index is 0.000266. The first-order valence-electron chi connectivity index (χ1n) is 6.33. The minimum Gasteiger partial charge on any atom is -0.353 e. The van der Waals surface area contributed by atoms with Crippen molar-refractivity contribution in [2.24, 2.45) is 0 Å². The highest BCUT2D eigenvalue weighted by molar-refractivity contribution is 5.81. The van der Waals surface area contributed by atoms with Crippen LogP contribution in [0.5, 0.6) is 0 Å². The molecule has 1 saturated heterocycles. The fraction of sp³-hybridized carbons (Fsp3) is 0.667. The standard InChI is InChI=1S/C12H20N4O/c17-12(11-4-2-1-3-5-14-11)15-7-9-16-8-6-13-10-16/h6,8,10-11,14H,1-5,7,9H2,(H,15,17). The third-order valence-corrected chi connectivity index (χ3v) is 3.11. The number of carbonyl (C=O) groups is 1. The first kappa shape index (κ1) is 12.1. The van der Waals surface area contributed by atoms with E-state index in [1.165, 1.54) is 12.8 Å². The molecule has 2 N–H and O–H groups in total. The van der Waals surface area contributed by atoms with Gasteiger partial charge in [-0.05, 0) is 19.4 Å². The molecule has 1 aromatic heterocycles. The highest BCUT2D eigenvalue weighted by Crippen LogP contribution is 2.08. The molecule has 1 aliphatic rings. The van der Waals surface area contributed by atoms with Crippen LogP contribution in [-0.4, -0.2) is 34.6 Å². The van der Waals surface area contributed by atoms with E-state index in [1.54, 1.807) is 12.5 Å². The summed E-state index contributed by atoms with van der Waals surface area (Å²) in [6, 6.07) is 0.000266. The second kappa shape index (κ2) is 6.39. The lowest BCUT2D eigenvalue weighted by Crippen LogP contribution is -2.44. The Balaban J connectivity index is 1.69. The Morgan fingerprint density at radius 2 is 2.41 bits per heavy atom. The number of nitrogens with one attached hydrogen (secondary N) is 2. The SMILES string of the molecule is O=C(NCCn1ccnc1)C1CCCCCN1. The van der Waals surface area contributed by atoms with Gasteiger partial charge in [0, 0.05) is 25.5 Å². The summed E-state index contributed by atoms with van der Waals surface area (Å²) in [5.41, 5.74) is 0. The molecule has 5 nitrogen and oxygen atoms in total. The van der Waals surface area contributed by atoms with Crippen molar-refractivity contribution in [3.63, 3.8) is 0 Å². The number of hydrogen-bond acceptors (Lipinski definition) is 3. The van der Waals surface area contributed by atoms with Gasteiger partial charge in [0.1, 0.15) is 0 Å². The first-order valence-corrected chi connectivity index (χ1v) is 6.33. The van der Waals surface area contributed by atoms with E-state index in [-0.39, 0.29) is 11.9 Å². The lowest BCUT2D eigenvalue weighted by Gasteiger charge is -2.15. The van der Waals surface area contributed by atoms with Crippen LogP contribution >= 0.6 is 0 Å². The van der Waals surface area contributed by atoms with Gasteiger partial charge >= 0.3 is 0 Å². The molecule has 1 fully saturated rings. The Morgan fingerprint density at radius 1 is 1.47 bits per heavy atom. The molecule has 0 aliphatic carbocycles. The van der Waals surface area contributed by atoms with Gasteiger partial charge in [-0.3, -0.25) is 4.79 Å². The van der Waals surface area contributed by atoms with E-state index in [0.717, 1.165) is 25.9 Å². The predicted molar refractivity (Wildman–Crippen MR) is 65.5 cm³/mol. The molecule has 0 bridgehead atoms. The molecule has 0 radical (unpaired) electrons. The van der Waals surface area contributed by atoms with Crippen LogP contribution in [0.2, 0.25) is 0 Å². The Kier molecular flexibility index (Phi) is 4.55. The summed E-state index contributed by atoms with van der Waals surface area (Å²) < 4.78 is 1.96. The van der Waals surface area contributed by atoms with Crippen LogP contribution in [0.15, 0.2) is 18.7 Å². The monoisotopic (exact) mass is 236 g/mol. The van der Waals surface area contributed by atoms with Crippen molar-refractivity contribution in [1.82, 2.24) is 20.2 Å². The van der Waals surface area contributed by atoms with Gasteiger partial charge < -0.3 is 15.2 Å². The van der Waals surface area contributed by atoms with Gasteiger partial charge in [0.15, 0.2) is 0 Å². The van der Waals surface area contributed by atoms with Gasteiger partial charge in [0.25, 0.3) is 0 Å². The highest BCUT2D eigenvalue weighted by atomic mass is 16.2. The van der Waals surface area contributed by atoms with Crippen molar-refractivity contribution >= 4 is 5.91 Å². The summed E-state index contributed by atoms with van der Waals surface area (Å²) in [7, 11) is 0. The molecule has 0 saturated carbocycles. The maximum Gasteiger partial charge on any atom is 0.237 e. The Hall–Kier alpha value is -1.36. The molecular formula is C12H20N4O. The number of hydrogen-bond donors (Lipinski definition) is 2. The Morgan fingerprint density at radius 3 is 3.24 bits per heavy atom. The van der Waals surface area contributed by atoms with Gasteiger partial charge in [-0.25, -0.2) is 4.98 Å². The number of nitrogens with zero attached hydrogens (tertiary/aromatic N) is 2. The highest BCUT2D eigenvalue weighted by Gasteiger charge is 2.18. The molecule has 1 unspecified atom stereocenters. The summed E-state index contributed by atoms with van der Waals surface area (Å²) in [6.45, 7) is 2.39. The summed E-state index contributed by atoms with van der Waals surface area (Å²) in [4.78, 5) is 15.8. The maximum absolute atomic E-state index is 11.9. The predicted octanol–water partition coefficient (Wildman–Crippen LogP) is 0.531. The molecule has 2 rings (SSSR count). The molecule has 94 valence electrons. The molecule has 1 amide bonds. The number of imidazole rings is 1. The van der Waals surface area contributed by atoms with E-state index >= 15 is 0 Å². The zero-order chi connectivity index (χ0) is 11.9. The molecule has 1 aromatic rings. The summed E-state index contributed by atoms with van der Waals surface area (Å²) in [5.74, 6) is 0.131. The molecule has 1 aliphatic heterocycles. The van der Waals surface area contributed by atoms with Gasteiger partial charge in [-0.1, -0.05) is 12.8 Å². The van der Waals surface area contributed by atoms with Crippen LogP contribution in [-0.2, 0) is 11.3 Å². The normalized spacial score (nSPS) is 20.8. The summed E-state index contributed by atoms with van der Waals surface area (Å²) in [6.07, 6.45) is 9.91. The van der Waals surface area contributed by atoms with Crippen molar-refractivity contribution in [2.45, 2.75) is 38.3 Å². The third-order valence-electron chi connectivity index (χ3n) is 3.11. The zero-order valence-electron chi connectivity index (χ0n) is 10.1. The first-order chi connectivity index (χ1) is 8.36. The van der Waals surface area contributed by atoms with Crippen molar-refractivity contribution in [3.8, 4) is 0 Å². The van der Waals surface area contributed by atoms with Crippen LogP contribution < -0.4 is 10.6 Å². The Bertz CT molecular complexity index is 328. The number of carbonyl (C=O) groups excluding carboxylic acids is 1. The fourth-order valence-corrected chi connectivity index (χ4v) is 2.10. The van der Waals surface area contributed by atoms with Crippen LogP contribution in [0.1, 0.15) is 25.7 Å². The van der Waals surface area contributed by atoms with E-state index in [4.69, 9.17) is 0 Å². The summed E-state index contributed by atoms with van der Waals surface area (Å²) >= 11 is 0. The quantitative estimate of drug-likeness (QED) is 0.802. The van der Waals surface area contributed by atoms with Crippen LogP contribution in [0.3, 0.4) is 0 Å². The minimum atomic E-state index is 0.000266. The third kappa shape index (κ3) is 3.85. The summed E-state index contributed by atoms with van der Waals surface area (Å²) in [5, 5.41) is 6.26. The molecule has 5 heteroatoms. The topological polar surface area (TPSA) is 59.0 Å². The number of aromatic nitrogens is 2. The molecular weight excluding hydrogens is 216 g/mol. The van der Waals surface area contributed by atoms with E-state index < -0.39 is 0 Å². The van der Waals surface area contributed by atoms with E-state index in [0.29, 0.717) is 6.54 Å². The largest absolute Gasteiger partial charge is 0.353 e. The zero-order valence-corrected chi connectivity index (χ0v) is 10.1. The van der Waals surface area contributed by atoms with E-state index in [1.807, 2.05) is 10.8 Å². The van der Waals surface area contributed by atoms with Crippen molar-refractivity contribution < 1.29 is 4.79 Å². The van der Waals surface area contributed by atoms with Gasteiger partial charge in [-0.2, -0.15) is 0 Å². The smallest absolute Gasteiger partial charge is 0.237 e. The lowest BCUT2D eigenvalue weighted by molar-refractivity contribution is -0.123. The average molecular weight is 236 g/mol. The average Bonchev–Trinajstić information content (AvgIpc) is 2.69. The van der Waals surface area contributed by atoms with Crippen LogP contribution in [0.25, 0.3) is 0 Å². The number of amides is 1. The molecule has 1 atom stereocenters. The van der Waals surface area contributed by atoms with Crippen molar-refractivity contribution in [3.05, 3.63) is 18.7 Å². The Labute approximate surface area is 102 Å². The lowest BCUT2D eigenvalue weighted by atomic mass is 10.1. The van der Waals surface area contributed by atoms with Crippen LogP contribution in [0, 0.1) is 0 Å². The molecule has 0 spiro atoms. The van der Waals surface area contributed by atoms with Crippen molar-refractivity contribution in [2.75, 3.05) is 13.1 Å². The van der Waals surface area contributed by atoms with Crippen molar-refractivity contribution in [1.29, 1.82) is 0 Å². The second-order valence-electron chi connectivity index (χ2n) is 4.45. The molecule has 2 heterocycles. The van der Waals surface area contributed by atoms with Crippen LogP contribution in [0.4, 0.5) is 0 Å². The molecule has 17 heavy (non-hydrogen) atoms.